The largest absolute Gasteiger partial charge is 0.325 e. The SMILES string of the molecule is NCc1cc(=O)n2c(F)cccc2n1. The van der Waals surface area contributed by atoms with E-state index in [4.69, 9.17) is 5.73 Å². The first-order valence-electron chi connectivity index (χ1n) is 4.09. The van der Waals surface area contributed by atoms with Crippen LogP contribution >= 0.6 is 0 Å². The molecule has 0 aliphatic rings. The maximum atomic E-state index is 13.2. The quantitative estimate of drug-likeness (QED) is 0.662. The van der Waals surface area contributed by atoms with Crippen molar-refractivity contribution in [2.24, 2.45) is 5.73 Å². The average Bonchev–Trinajstić information content (AvgIpc) is 2.17. The van der Waals surface area contributed by atoms with E-state index in [1.807, 2.05) is 0 Å². The van der Waals surface area contributed by atoms with Crippen LogP contribution in [0.25, 0.3) is 5.65 Å². The standard InChI is InChI=1S/C9H8FN3O/c10-7-2-1-3-8-12-6(5-11)4-9(14)13(7)8/h1-4H,5,11H2. The van der Waals surface area contributed by atoms with Crippen LogP contribution in [0.5, 0.6) is 0 Å². The van der Waals surface area contributed by atoms with E-state index < -0.39 is 11.5 Å². The Morgan fingerprint density at radius 1 is 1.50 bits per heavy atom. The fourth-order valence-corrected chi connectivity index (χ4v) is 1.27. The Bertz CT molecular complexity index is 535. The van der Waals surface area contributed by atoms with Crippen LogP contribution in [0.15, 0.2) is 29.1 Å². The summed E-state index contributed by atoms with van der Waals surface area (Å²) in [6.07, 6.45) is 0. The highest BCUT2D eigenvalue weighted by atomic mass is 19.1. The first-order chi connectivity index (χ1) is 6.72. The van der Waals surface area contributed by atoms with Gasteiger partial charge in [-0.1, -0.05) is 6.07 Å². The van der Waals surface area contributed by atoms with Gasteiger partial charge in [0.15, 0.2) is 0 Å². The maximum Gasteiger partial charge on any atom is 0.260 e. The molecule has 0 bridgehead atoms. The van der Waals surface area contributed by atoms with E-state index in [1.54, 1.807) is 6.07 Å². The van der Waals surface area contributed by atoms with Crippen LogP contribution in [-0.2, 0) is 6.54 Å². The predicted molar refractivity (Wildman–Crippen MR) is 49.3 cm³/mol. The first kappa shape index (κ1) is 8.83. The number of hydrogen-bond acceptors (Lipinski definition) is 3. The summed E-state index contributed by atoms with van der Waals surface area (Å²) in [6.45, 7) is 0.169. The number of hydrogen-bond donors (Lipinski definition) is 1. The molecule has 72 valence electrons. The second kappa shape index (κ2) is 3.19. The van der Waals surface area contributed by atoms with Gasteiger partial charge in [-0.05, 0) is 12.1 Å². The second-order valence-electron chi connectivity index (χ2n) is 2.83. The minimum atomic E-state index is -0.622. The van der Waals surface area contributed by atoms with E-state index in [-0.39, 0.29) is 12.2 Å². The van der Waals surface area contributed by atoms with Crippen LogP contribution in [0.1, 0.15) is 5.69 Å². The van der Waals surface area contributed by atoms with Crippen LogP contribution in [0.2, 0.25) is 0 Å². The zero-order chi connectivity index (χ0) is 10.1. The Labute approximate surface area is 78.8 Å². The highest BCUT2D eigenvalue weighted by Crippen LogP contribution is 2.01. The van der Waals surface area contributed by atoms with Crippen molar-refractivity contribution in [1.82, 2.24) is 9.38 Å². The molecule has 0 amide bonds. The average molecular weight is 193 g/mol. The van der Waals surface area contributed by atoms with E-state index in [9.17, 15) is 9.18 Å². The van der Waals surface area contributed by atoms with Crippen LogP contribution in [0, 0.1) is 5.95 Å². The van der Waals surface area contributed by atoms with Gasteiger partial charge in [-0.2, -0.15) is 4.39 Å². The normalized spacial score (nSPS) is 10.7. The van der Waals surface area contributed by atoms with E-state index in [0.717, 1.165) is 4.40 Å². The van der Waals surface area contributed by atoms with Gasteiger partial charge in [0.2, 0.25) is 5.95 Å². The molecule has 0 saturated heterocycles. The highest BCUT2D eigenvalue weighted by Gasteiger charge is 2.03. The number of fused-ring (bicyclic) bond motifs is 1. The third kappa shape index (κ3) is 1.27. The van der Waals surface area contributed by atoms with Gasteiger partial charge in [-0.3, -0.25) is 4.79 Å². The van der Waals surface area contributed by atoms with Crippen LogP contribution in [-0.4, -0.2) is 9.38 Å². The summed E-state index contributed by atoms with van der Waals surface area (Å²) in [7, 11) is 0. The molecule has 0 unspecified atom stereocenters. The van der Waals surface area contributed by atoms with Crippen LogP contribution in [0.3, 0.4) is 0 Å². The molecular formula is C9H8FN3O. The third-order valence-corrected chi connectivity index (χ3v) is 1.90. The topological polar surface area (TPSA) is 60.4 Å². The monoisotopic (exact) mass is 193 g/mol. The van der Waals surface area contributed by atoms with Gasteiger partial charge in [0.25, 0.3) is 5.56 Å². The van der Waals surface area contributed by atoms with Crippen LogP contribution in [0.4, 0.5) is 4.39 Å². The molecule has 0 radical (unpaired) electrons. The zero-order valence-electron chi connectivity index (χ0n) is 7.27. The molecule has 2 rings (SSSR count). The molecule has 0 spiro atoms. The lowest BCUT2D eigenvalue weighted by Crippen LogP contribution is -2.19. The number of nitrogens with zero attached hydrogens (tertiary/aromatic N) is 2. The summed E-state index contributed by atoms with van der Waals surface area (Å²) in [6, 6.07) is 5.50. The number of aromatic nitrogens is 2. The third-order valence-electron chi connectivity index (χ3n) is 1.90. The van der Waals surface area contributed by atoms with Crippen molar-refractivity contribution in [1.29, 1.82) is 0 Å². The Kier molecular flexibility index (Phi) is 2.01. The van der Waals surface area contributed by atoms with E-state index >= 15 is 0 Å². The van der Waals surface area contributed by atoms with Crippen molar-refractivity contribution in [3.8, 4) is 0 Å². The van der Waals surface area contributed by atoms with E-state index in [2.05, 4.69) is 4.98 Å². The van der Waals surface area contributed by atoms with E-state index in [0.29, 0.717) is 5.69 Å². The lowest BCUT2D eigenvalue weighted by Gasteiger charge is -2.02. The molecule has 4 nitrogen and oxygen atoms in total. The zero-order valence-corrected chi connectivity index (χ0v) is 7.27. The molecule has 14 heavy (non-hydrogen) atoms. The molecule has 0 aliphatic heterocycles. The summed E-state index contributed by atoms with van der Waals surface area (Å²) >= 11 is 0. The van der Waals surface area contributed by atoms with Crippen molar-refractivity contribution < 1.29 is 4.39 Å². The van der Waals surface area contributed by atoms with Crippen molar-refractivity contribution in [2.75, 3.05) is 0 Å². The highest BCUT2D eigenvalue weighted by molar-refractivity contribution is 5.38. The lowest BCUT2D eigenvalue weighted by molar-refractivity contribution is 0.558. The Morgan fingerprint density at radius 2 is 2.29 bits per heavy atom. The number of rotatable bonds is 1. The molecule has 0 fully saturated rings. The van der Waals surface area contributed by atoms with Gasteiger partial charge in [-0.15, -0.1) is 0 Å². The van der Waals surface area contributed by atoms with Gasteiger partial charge in [0.05, 0.1) is 5.69 Å². The molecule has 2 aromatic heterocycles. The minimum Gasteiger partial charge on any atom is -0.325 e. The fraction of sp³-hybridized carbons (Fsp3) is 0.111. The summed E-state index contributed by atoms with van der Waals surface area (Å²) in [4.78, 5) is 15.4. The smallest absolute Gasteiger partial charge is 0.260 e. The minimum absolute atomic E-state index is 0.169. The fourth-order valence-electron chi connectivity index (χ4n) is 1.27. The Hall–Kier alpha value is -1.75. The molecule has 2 N–H and O–H groups in total. The van der Waals surface area contributed by atoms with Gasteiger partial charge >= 0.3 is 0 Å². The summed E-state index contributed by atoms with van der Waals surface area (Å²) in [5.74, 6) is -0.622. The first-order valence-corrected chi connectivity index (χ1v) is 4.09. The Balaban J connectivity index is 2.90. The predicted octanol–water partition coefficient (Wildman–Crippen LogP) is 0.292. The summed E-state index contributed by atoms with van der Waals surface area (Å²) in [5, 5.41) is 0. The van der Waals surface area contributed by atoms with Crippen molar-refractivity contribution >= 4 is 5.65 Å². The summed E-state index contributed by atoms with van der Waals surface area (Å²) < 4.78 is 14.1. The molecule has 0 atom stereocenters. The number of nitrogens with two attached hydrogens (primary N) is 1. The van der Waals surface area contributed by atoms with Gasteiger partial charge in [-0.25, -0.2) is 9.38 Å². The molecule has 0 aromatic carbocycles. The Morgan fingerprint density at radius 3 is 3.00 bits per heavy atom. The molecule has 2 heterocycles. The van der Waals surface area contributed by atoms with E-state index in [1.165, 1.54) is 18.2 Å². The van der Waals surface area contributed by atoms with Crippen molar-refractivity contribution in [3.63, 3.8) is 0 Å². The van der Waals surface area contributed by atoms with Gasteiger partial charge < -0.3 is 5.73 Å². The number of pyridine rings is 1. The molecule has 2 aromatic rings. The van der Waals surface area contributed by atoms with Gasteiger partial charge in [0.1, 0.15) is 5.65 Å². The lowest BCUT2D eigenvalue weighted by atomic mass is 10.3. The molecule has 0 aliphatic carbocycles. The number of halogens is 1. The molecule has 5 heteroatoms. The van der Waals surface area contributed by atoms with Crippen molar-refractivity contribution in [2.45, 2.75) is 6.54 Å². The van der Waals surface area contributed by atoms with Gasteiger partial charge in [0, 0.05) is 12.6 Å². The van der Waals surface area contributed by atoms with Crippen molar-refractivity contribution in [3.05, 3.63) is 46.3 Å². The second-order valence-corrected chi connectivity index (χ2v) is 2.83. The maximum absolute atomic E-state index is 13.2. The molecule has 0 saturated carbocycles. The molecular weight excluding hydrogens is 185 g/mol. The van der Waals surface area contributed by atoms with Crippen LogP contribution < -0.4 is 11.3 Å². The summed E-state index contributed by atoms with van der Waals surface area (Å²) in [5.41, 5.74) is 5.63.